The number of fused-ring (bicyclic) bond motifs is 5. The second-order valence-corrected chi connectivity index (χ2v) is 11.6. The van der Waals surface area contributed by atoms with Gasteiger partial charge in [0.25, 0.3) is 0 Å². The number of hydrogen-bond donors (Lipinski definition) is 1. The summed E-state index contributed by atoms with van der Waals surface area (Å²) in [6.07, 6.45) is 10.8. The number of aromatic nitrogens is 2. The van der Waals surface area contributed by atoms with Gasteiger partial charge in [-0.2, -0.15) is 5.10 Å². The Balaban J connectivity index is 1.46. The smallest absolute Gasteiger partial charge is 0.165 e. The van der Waals surface area contributed by atoms with Crippen LogP contribution in [0.1, 0.15) is 89.1 Å². The predicted octanol–water partition coefficient (Wildman–Crippen LogP) is 5.49. The highest BCUT2D eigenvalue weighted by molar-refractivity contribution is 6.06. The fourth-order valence-electron chi connectivity index (χ4n) is 8.44. The largest absolute Gasteiger partial charge is 0.393 e. The lowest BCUT2D eigenvalue weighted by Gasteiger charge is -2.59. The van der Waals surface area contributed by atoms with Crippen LogP contribution in [-0.2, 0) is 11.3 Å². The number of allylic oxidation sites excluding steroid dienone is 1. The molecule has 4 heteroatoms. The molecule has 1 aromatic rings. The molecule has 0 aliphatic heterocycles. The summed E-state index contributed by atoms with van der Waals surface area (Å²) in [5.74, 6) is 2.93. The molecule has 5 rings (SSSR count). The Morgan fingerprint density at radius 3 is 2.61 bits per heavy atom. The fourth-order valence-corrected chi connectivity index (χ4v) is 8.44. The van der Waals surface area contributed by atoms with Gasteiger partial charge in [-0.05, 0) is 113 Å². The van der Waals surface area contributed by atoms with Crippen molar-refractivity contribution in [3.63, 3.8) is 0 Å². The van der Waals surface area contributed by atoms with Crippen LogP contribution < -0.4 is 0 Å². The number of carbonyl (C=O) groups excluding carboxylic acids is 1. The van der Waals surface area contributed by atoms with Crippen LogP contribution in [0.2, 0.25) is 0 Å². The van der Waals surface area contributed by atoms with Gasteiger partial charge in [0.15, 0.2) is 5.78 Å². The van der Waals surface area contributed by atoms with Crippen LogP contribution in [0.4, 0.5) is 0 Å². The van der Waals surface area contributed by atoms with Gasteiger partial charge in [-0.1, -0.05) is 13.8 Å². The molecule has 0 amide bonds. The van der Waals surface area contributed by atoms with Crippen molar-refractivity contribution in [3.8, 4) is 0 Å². The number of ketones is 1. The van der Waals surface area contributed by atoms with E-state index in [1.165, 1.54) is 25.0 Å². The summed E-state index contributed by atoms with van der Waals surface area (Å²) in [7, 11) is 0. The highest BCUT2D eigenvalue weighted by atomic mass is 16.3. The Bertz CT molecular complexity index is 930. The van der Waals surface area contributed by atoms with Gasteiger partial charge in [0.05, 0.1) is 11.8 Å². The Morgan fingerprint density at radius 1 is 1.13 bits per heavy atom. The number of carbonyl (C=O) groups is 1. The molecule has 0 aromatic carbocycles. The first-order chi connectivity index (χ1) is 14.7. The average molecular weight is 425 g/mol. The van der Waals surface area contributed by atoms with Crippen molar-refractivity contribution in [1.29, 1.82) is 0 Å². The van der Waals surface area contributed by atoms with Crippen LogP contribution in [0.15, 0.2) is 5.57 Å². The van der Waals surface area contributed by atoms with E-state index in [0.29, 0.717) is 29.0 Å². The van der Waals surface area contributed by atoms with Crippen molar-refractivity contribution >= 4 is 11.9 Å². The lowest BCUT2D eigenvalue weighted by Crippen LogP contribution is -2.54. The van der Waals surface area contributed by atoms with Crippen LogP contribution in [0.3, 0.4) is 0 Å². The number of hydrogen-bond acceptors (Lipinski definition) is 3. The summed E-state index contributed by atoms with van der Waals surface area (Å²) in [6, 6.07) is 0. The maximum Gasteiger partial charge on any atom is 0.165 e. The molecule has 1 aromatic heterocycles. The van der Waals surface area contributed by atoms with Crippen molar-refractivity contribution in [1.82, 2.24) is 9.78 Å². The molecule has 170 valence electrons. The van der Waals surface area contributed by atoms with E-state index in [1.807, 2.05) is 4.68 Å². The van der Waals surface area contributed by atoms with Crippen molar-refractivity contribution in [3.05, 3.63) is 22.5 Å². The molecule has 0 bridgehead atoms. The molecule has 4 fully saturated rings. The van der Waals surface area contributed by atoms with Crippen LogP contribution in [-0.4, -0.2) is 26.8 Å². The van der Waals surface area contributed by atoms with Crippen molar-refractivity contribution in [2.75, 3.05) is 0 Å². The van der Waals surface area contributed by atoms with E-state index in [0.717, 1.165) is 61.4 Å². The molecule has 0 unspecified atom stereocenters. The Labute approximate surface area is 187 Å². The molecular formula is C27H40N2O2. The molecule has 4 aliphatic carbocycles. The standard InChI is InChI=1S/C27H40N2O2/c1-6-29-17(3)22(16(2)28-29)13-18-14-24-21-8-7-19-15-20(30)9-11-26(19,4)23(21)10-12-27(24,5)25(18)31/h13,19-21,23-24,30H,6-12,14-15H2,1-5H3/b18-13+/t19-,20+,21+,23-,24-,26-,27-/m0/s1. The number of Topliss-reactive ketones (excluding diaryl/α,β-unsaturated/α-hetero) is 1. The molecule has 0 spiro atoms. The van der Waals surface area contributed by atoms with Gasteiger partial charge in [0.1, 0.15) is 0 Å². The van der Waals surface area contributed by atoms with E-state index < -0.39 is 0 Å². The minimum Gasteiger partial charge on any atom is -0.393 e. The molecule has 4 aliphatic rings. The molecule has 31 heavy (non-hydrogen) atoms. The van der Waals surface area contributed by atoms with Gasteiger partial charge < -0.3 is 5.11 Å². The maximum atomic E-state index is 13.7. The van der Waals surface area contributed by atoms with Crippen LogP contribution in [0, 0.1) is 48.3 Å². The van der Waals surface area contributed by atoms with Crippen molar-refractivity contribution < 1.29 is 9.90 Å². The Morgan fingerprint density at radius 2 is 1.90 bits per heavy atom. The predicted molar refractivity (Wildman–Crippen MR) is 123 cm³/mol. The number of nitrogens with zero attached hydrogens (tertiary/aromatic N) is 2. The molecular weight excluding hydrogens is 384 g/mol. The van der Waals surface area contributed by atoms with E-state index in [4.69, 9.17) is 0 Å². The second kappa shape index (κ2) is 7.30. The number of aryl methyl sites for hydroxylation is 2. The number of aliphatic hydroxyl groups is 1. The van der Waals surface area contributed by atoms with Crippen molar-refractivity contribution in [2.45, 2.75) is 98.6 Å². The zero-order valence-corrected chi connectivity index (χ0v) is 20.1. The van der Waals surface area contributed by atoms with E-state index >= 15 is 0 Å². The van der Waals surface area contributed by atoms with Gasteiger partial charge >= 0.3 is 0 Å². The van der Waals surface area contributed by atoms with Crippen LogP contribution in [0.5, 0.6) is 0 Å². The first-order valence-corrected chi connectivity index (χ1v) is 12.7. The highest BCUT2D eigenvalue weighted by Gasteiger charge is 2.61. The topological polar surface area (TPSA) is 55.1 Å². The zero-order chi connectivity index (χ0) is 22.1. The van der Waals surface area contributed by atoms with E-state index in [-0.39, 0.29) is 11.5 Å². The molecule has 4 saturated carbocycles. The first-order valence-electron chi connectivity index (χ1n) is 12.7. The summed E-state index contributed by atoms with van der Waals surface area (Å²) in [5.41, 5.74) is 4.57. The third kappa shape index (κ3) is 3.03. The summed E-state index contributed by atoms with van der Waals surface area (Å²) < 4.78 is 2.05. The van der Waals surface area contributed by atoms with Gasteiger partial charge in [-0.15, -0.1) is 0 Å². The average Bonchev–Trinajstić information content (AvgIpc) is 3.16. The van der Waals surface area contributed by atoms with Gasteiger partial charge in [0.2, 0.25) is 0 Å². The monoisotopic (exact) mass is 424 g/mol. The third-order valence-electron chi connectivity index (χ3n) is 10.3. The molecule has 1 heterocycles. The van der Waals surface area contributed by atoms with Crippen LogP contribution >= 0.6 is 0 Å². The summed E-state index contributed by atoms with van der Waals surface area (Å²) in [6.45, 7) is 12.0. The summed E-state index contributed by atoms with van der Waals surface area (Å²) in [4.78, 5) is 13.7. The molecule has 0 radical (unpaired) electrons. The zero-order valence-electron chi connectivity index (χ0n) is 20.1. The molecule has 7 atom stereocenters. The SMILES string of the molecule is CCn1nc(C)c(/C=C2\C[C@H]3[C@@H]4CC[C@H]5C[C@H](O)CC[C@]5(C)[C@H]4CC[C@]3(C)C2=O)c1C. The van der Waals surface area contributed by atoms with Crippen molar-refractivity contribution in [2.24, 2.45) is 34.5 Å². The van der Waals surface area contributed by atoms with E-state index in [2.05, 4.69) is 45.8 Å². The summed E-state index contributed by atoms with van der Waals surface area (Å²) >= 11 is 0. The quantitative estimate of drug-likeness (QED) is 0.639. The van der Waals surface area contributed by atoms with Crippen LogP contribution in [0.25, 0.3) is 6.08 Å². The van der Waals surface area contributed by atoms with Gasteiger partial charge in [-0.25, -0.2) is 0 Å². The lowest BCUT2D eigenvalue weighted by atomic mass is 9.45. The normalized spacial score (nSPS) is 43.6. The lowest BCUT2D eigenvalue weighted by molar-refractivity contribution is -0.141. The first kappa shape index (κ1) is 21.4. The fraction of sp³-hybridized carbons (Fsp3) is 0.778. The molecule has 4 nitrogen and oxygen atoms in total. The Kier molecular flexibility index (Phi) is 5.04. The number of rotatable bonds is 2. The minimum atomic E-state index is -0.188. The van der Waals surface area contributed by atoms with E-state index in [1.54, 1.807) is 0 Å². The summed E-state index contributed by atoms with van der Waals surface area (Å²) in [5, 5.41) is 14.9. The molecule has 1 N–H and O–H groups in total. The minimum absolute atomic E-state index is 0.0957. The third-order valence-corrected chi connectivity index (χ3v) is 10.3. The highest BCUT2D eigenvalue weighted by Crippen LogP contribution is 2.66. The maximum absolute atomic E-state index is 13.7. The molecule has 0 saturated heterocycles. The second-order valence-electron chi connectivity index (χ2n) is 11.6. The Hall–Kier alpha value is -1.42. The van der Waals surface area contributed by atoms with E-state index in [9.17, 15) is 9.90 Å². The van der Waals surface area contributed by atoms with Gasteiger partial charge in [-0.3, -0.25) is 9.48 Å². The number of aliphatic hydroxyl groups excluding tert-OH is 1. The van der Waals surface area contributed by atoms with Gasteiger partial charge in [0, 0.05) is 23.2 Å².